The molecule has 0 aliphatic rings. The molecule has 1 aromatic heterocycles. The minimum Gasteiger partial charge on any atom is -0.310 e. The van der Waals surface area contributed by atoms with Gasteiger partial charge in [0.2, 0.25) is 0 Å². The monoisotopic (exact) mass is 262 g/mol. The number of benzene rings is 1. The highest BCUT2D eigenvalue weighted by Gasteiger charge is 2.09. The van der Waals surface area contributed by atoms with E-state index in [-0.39, 0.29) is 5.69 Å². The van der Waals surface area contributed by atoms with Crippen LogP contribution in [0.25, 0.3) is 0 Å². The number of rotatable bonds is 4. The number of thioether (sulfide) groups is 1. The summed E-state index contributed by atoms with van der Waals surface area (Å²) in [6, 6.07) is 8.27. The SMILES string of the molecule is CCSc1ccccc1Cn1c(C)c(C)[nH]c1=O. The van der Waals surface area contributed by atoms with Crippen LogP contribution in [0.3, 0.4) is 0 Å². The van der Waals surface area contributed by atoms with Gasteiger partial charge in [0.25, 0.3) is 0 Å². The molecule has 0 saturated heterocycles. The van der Waals surface area contributed by atoms with Gasteiger partial charge >= 0.3 is 5.69 Å². The third-order valence-corrected chi connectivity index (χ3v) is 4.09. The molecule has 0 amide bonds. The molecule has 0 aliphatic heterocycles. The first-order chi connectivity index (χ1) is 8.63. The molecule has 4 heteroatoms. The van der Waals surface area contributed by atoms with E-state index in [1.807, 2.05) is 37.7 Å². The van der Waals surface area contributed by atoms with Gasteiger partial charge in [-0.05, 0) is 31.2 Å². The van der Waals surface area contributed by atoms with E-state index in [1.54, 1.807) is 4.57 Å². The molecule has 2 rings (SSSR count). The maximum absolute atomic E-state index is 11.8. The Kier molecular flexibility index (Phi) is 3.97. The Morgan fingerprint density at radius 2 is 2.00 bits per heavy atom. The van der Waals surface area contributed by atoms with Crippen LogP contribution in [0.15, 0.2) is 34.0 Å². The molecule has 0 radical (unpaired) electrons. The Morgan fingerprint density at radius 3 is 2.61 bits per heavy atom. The van der Waals surface area contributed by atoms with Gasteiger partial charge in [0.15, 0.2) is 0 Å². The minimum absolute atomic E-state index is 0.0266. The molecule has 96 valence electrons. The molecule has 0 aliphatic carbocycles. The van der Waals surface area contributed by atoms with E-state index in [1.165, 1.54) is 10.5 Å². The summed E-state index contributed by atoms with van der Waals surface area (Å²) >= 11 is 1.81. The van der Waals surface area contributed by atoms with Crippen molar-refractivity contribution in [2.75, 3.05) is 5.75 Å². The van der Waals surface area contributed by atoms with Crippen molar-refractivity contribution in [2.45, 2.75) is 32.2 Å². The number of hydrogen-bond donors (Lipinski definition) is 1. The van der Waals surface area contributed by atoms with Crippen LogP contribution >= 0.6 is 11.8 Å². The van der Waals surface area contributed by atoms with Crippen molar-refractivity contribution in [3.8, 4) is 0 Å². The zero-order valence-corrected chi connectivity index (χ0v) is 11.8. The second-order valence-corrected chi connectivity index (χ2v) is 5.57. The van der Waals surface area contributed by atoms with Gasteiger partial charge in [-0.25, -0.2) is 4.79 Å². The first-order valence-electron chi connectivity index (χ1n) is 6.10. The lowest BCUT2D eigenvalue weighted by atomic mass is 10.2. The number of H-pyrrole nitrogens is 1. The summed E-state index contributed by atoms with van der Waals surface area (Å²) in [4.78, 5) is 15.9. The van der Waals surface area contributed by atoms with Gasteiger partial charge in [-0.15, -0.1) is 11.8 Å². The van der Waals surface area contributed by atoms with Gasteiger partial charge in [0.05, 0.1) is 6.54 Å². The Morgan fingerprint density at radius 1 is 1.28 bits per heavy atom. The van der Waals surface area contributed by atoms with E-state index >= 15 is 0 Å². The standard InChI is InChI=1S/C14H18N2OS/c1-4-18-13-8-6-5-7-12(13)9-16-11(3)10(2)15-14(16)17/h5-8H,4,9H2,1-3H3,(H,15,17). The Bertz CT molecular complexity index is 598. The second kappa shape index (κ2) is 5.48. The molecule has 0 atom stereocenters. The molecule has 1 heterocycles. The summed E-state index contributed by atoms with van der Waals surface area (Å²) < 4.78 is 1.80. The average Bonchev–Trinajstić information content (AvgIpc) is 2.59. The molecule has 0 fully saturated rings. The second-order valence-electron chi connectivity index (χ2n) is 4.27. The number of aryl methyl sites for hydroxylation is 1. The zero-order chi connectivity index (χ0) is 13.1. The molecule has 1 aromatic carbocycles. The Balaban J connectivity index is 2.37. The highest BCUT2D eigenvalue weighted by Crippen LogP contribution is 2.23. The maximum atomic E-state index is 11.8. The lowest BCUT2D eigenvalue weighted by Crippen LogP contribution is -2.18. The van der Waals surface area contributed by atoms with Gasteiger partial charge in [0, 0.05) is 16.3 Å². The van der Waals surface area contributed by atoms with Crippen molar-refractivity contribution in [3.63, 3.8) is 0 Å². The molecule has 0 bridgehead atoms. The molecule has 0 unspecified atom stereocenters. The Hall–Kier alpha value is -1.42. The summed E-state index contributed by atoms with van der Waals surface area (Å²) in [5.41, 5.74) is 3.13. The topological polar surface area (TPSA) is 37.8 Å². The summed E-state index contributed by atoms with van der Waals surface area (Å²) in [5.74, 6) is 1.04. The van der Waals surface area contributed by atoms with Crippen molar-refractivity contribution in [1.29, 1.82) is 0 Å². The van der Waals surface area contributed by atoms with Crippen LogP contribution in [0, 0.1) is 13.8 Å². The van der Waals surface area contributed by atoms with Crippen LogP contribution in [0.2, 0.25) is 0 Å². The van der Waals surface area contributed by atoms with E-state index in [4.69, 9.17) is 0 Å². The first-order valence-corrected chi connectivity index (χ1v) is 7.08. The van der Waals surface area contributed by atoms with Crippen LogP contribution in [0.4, 0.5) is 0 Å². The maximum Gasteiger partial charge on any atom is 0.326 e. The third kappa shape index (κ3) is 2.53. The number of nitrogens with zero attached hydrogens (tertiary/aromatic N) is 1. The summed E-state index contributed by atoms with van der Waals surface area (Å²) in [6.07, 6.45) is 0. The highest BCUT2D eigenvalue weighted by molar-refractivity contribution is 7.99. The molecule has 0 spiro atoms. The van der Waals surface area contributed by atoms with E-state index in [0.29, 0.717) is 6.54 Å². The van der Waals surface area contributed by atoms with Crippen LogP contribution in [-0.2, 0) is 6.54 Å². The molecule has 2 aromatic rings. The largest absolute Gasteiger partial charge is 0.326 e. The summed E-state index contributed by atoms with van der Waals surface area (Å²) in [5, 5.41) is 0. The zero-order valence-electron chi connectivity index (χ0n) is 11.0. The summed E-state index contributed by atoms with van der Waals surface area (Å²) in [6.45, 7) is 6.68. The third-order valence-electron chi connectivity index (χ3n) is 3.09. The van der Waals surface area contributed by atoms with Crippen molar-refractivity contribution in [2.24, 2.45) is 0 Å². The van der Waals surface area contributed by atoms with Crippen molar-refractivity contribution >= 4 is 11.8 Å². The van der Waals surface area contributed by atoms with Crippen LogP contribution in [0.5, 0.6) is 0 Å². The number of aromatic amines is 1. The molecule has 1 N–H and O–H groups in total. The highest BCUT2D eigenvalue weighted by atomic mass is 32.2. The quantitative estimate of drug-likeness (QED) is 0.860. The first kappa shape index (κ1) is 13.0. The molecule has 0 saturated carbocycles. The molecule has 18 heavy (non-hydrogen) atoms. The van der Waals surface area contributed by atoms with Gasteiger partial charge in [-0.2, -0.15) is 0 Å². The predicted octanol–water partition coefficient (Wildman–Crippen LogP) is 2.95. The van der Waals surface area contributed by atoms with Crippen LogP contribution < -0.4 is 5.69 Å². The average molecular weight is 262 g/mol. The molecule has 3 nitrogen and oxygen atoms in total. The number of aromatic nitrogens is 2. The van der Waals surface area contributed by atoms with E-state index in [2.05, 4.69) is 24.0 Å². The van der Waals surface area contributed by atoms with Gasteiger partial charge in [-0.3, -0.25) is 4.57 Å². The lowest BCUT2D eigenvalue weighted by molar-refractivity contribution is 0.727. The predicted molar refractivity (Wildman–Crippen MR) is 76.5 cm³/mol. The fourth-order valence-electron chi connectivity index (χ4n) is 1.96. The lowest BCUT2D eigenvalue weighted by Gasteiger charge is -2.09. The van der Waals surface area contributed by atoms with E-state index in [0.717, 1.165) is 17.1 Å². The van der Waals surface area contributed by atoms with Gasteiger partial charge in [0.1, 0.15) is 0 Å². The van der Waals surface area contributed by atoms with E-state index < -0.39 is 0 Å². The van der Waals surface area contributed by atoms with Crippen molar-refractivity contribution in [1.82, 2.24) is 9.55 Å². The number of nitrogens with one attached hydrogen (secondary N) is 1. The molecular weight excluding hydrogens is 244 g/mol. The number of imidazole rings is 1. The van der Waals surface area contributed by atoms with Crippen molar-refractivity contribution < 1.29 is 0 Å². The van der Waals surface area contributed by atoms with E-state index in [9.17, 15) is 4.79 Å². The Labute approximate surface area is 111 Å². The van der Waals surface area contributed by atoms with Crippen molar-refractivity contribution in [3.05, 3.63) is 51.7 Å². The molecular formula is C14H18N2OS. The van der Waals surface area contributed by atoms with Crippen LogP contribution in [-0.4, -0.2) is 15.3 Å². The minimum atomic E-state index is -0.0266. The fraction of sp³-hybridized carbons (Fsp3) is 0.357. The summed E-state index contributed by atoms with van der Waals surface area (Å²) in [7, 11) is 0. The normalized spacial score (nSPS) is 10.8. The number of hydrogen-bond acceptors (Lipinski definition) is 2. The fourth-order valence-corrected chi connectivity index (χ4v) is 2.77. The smallest absolute Gasteiger partial charge is 0.310 e. The van der Waals surface area contributed by atoms with Crippen LogP contribution in [0.1, 0.15) is 23.9 Å². The van der Waals surface area contributed by atoms with Gasteiger partial charge < -0.3 is 4.98 Å². The van der Waals surface area contributed by atoms with Gasteiger partial charge in [-0.1, -0.05) is 25.1 Å².